The molecule has 0 unspecified atom stereocenters. The fourth-order valence-corrected chi connectivity index (χ4v) is 8.47. The molecule has 0 radical (unpaired) electrons. The van der Waals surface area contributed by atoms with Crippen LogP contribution in [-0.2, 0) is 0 Å². The predicted molar refractivity (Wildman–Crippen MR) is 231 cm³/mol. The first kappa shape index (κ1) is 31.9. The monoisotopic (exact) mass is 706 g/mol. The molecule has 0 saturated carbocycles. The topological polar surface area (TPSA) is 16.1 Å². The molecular weight excluding hydrogens is 673 g/mol. The molecule has 54 heavy (non-hydrogen) atoms. The van der Waals surface area contributed by atoms with Crippen LogP contribution in [0.25, 0.3) is 76.1 Å². The van der Waals surface area contributed by atoms with Gasteiger partial charge in [0.05, 0.1) is 0 Å². The third kappa shape index (κ3) is 6.01. The van der Waals surface area contributed by atoms with Crippen molar-refractivity contribution in [3.05, 3.63) is 206 Å². The van der Waals surface area contributed by atoms with E-state index in [-0.39, 0.29) is 0 Å². The number of hydrogen-bond donors (Lipinski definition) is 0. The highest BCUT2D eigenvalue weighted by Crippen LogP contribution is 2.40. The molecule has 2 nitrogen and oxygen atoms in total. The zero-order valence-electron chi connectivity index (χ0n) is 29.4. The number of aromatic nitrogens is 1. The summed E-state index contributed by atoms with van der Waals surface area (Å²) in [7, 11) is 0. The SMILES string of the molecule is c1ccc2cc(-c3ccc(-c4ccc(N(c5ccc(-c6ccc7ccccc7c6)cc5)c5ccc(-c6csc7ccncc67)cc5)cc4)cc3)ccc2c1. The molecule has 0 fully saturated rings. The Morgan fingerprint density at radius 1 is 0.370 bits per heavy atom. The Bertz CT molecular complexity index is 2910. The molecule has 8 aromatic carbocycles. The summed E-state index contributed by atoms with van der Waals surface area (Å²) in [4.78, 5) is 6.74. The summed E-state index contributed by atoms with van der Waals surface area (Å²) in [6.07, 6.45) is 3.83. The molecule has 2 heterocycles. The van der Waals surface area contributed by atoms with Gasteiger partial charge in [0.15, 0.2) is 0 Å². The summed E-state index contributed by atoms with van der Waals surface area (Å²) in [5, 5.41) is 8.45. The quantitative estimate of drug-likeness (QED) is 0.164. The maximum atomic E-state index is 4.40. The standard InChI is InChI=1S/C51H34N2S/c1-3-7-42-31-44(15-13-35(42)5-1)39-11-9-37(10-12-39)38-17-23-46(24-18-38)53(48-27-21-41(22-28-48)50-34-54-51-29-30-52-33-49(50)51)47-25-19-40(20-26-47)45-16-14-36-6-2-4-8-43(36)32-45/h1-34H. The number of benzene rings is 8. The molecule has 2 aromatic heterocycles. The molecule has 0 saturated heterocycles. The van der Waals surface area contributed by atoms with E-state index in [2.05, 4.69) is 203 Å². The van der Waals surface area contributed by atoms with Crippen molar-refractivity contribution in [3.8, 4) is 44.5 Å². The van der Waals surface area contributed by atoms with Crippen molar-refractivity contribution in [2.24, 2.45) is 0 Å². The van der Waals surface area contributed by atoms with Crippen LogP contribution in [0.5, 0.6) is 0 Å². The van der Waals surface area contributed by atoms with Crippen molar-refractivity contribution in [1.29, 1.82) is 0 Å². The molecule has 0 atom stereocenters. The zero-order chi connectivity index (χ0) is 35.8. The molecule has 254 valence electrons. The number of nitrogens with zero attached hydrogens (tertiary/aromatic N) is 2. The molecule has 0 aliphatic carbocycles. The van der Waals surface area contributed by atoms with E-state index in [4.69, 9.17) is 0 Å². The van der Waals surface area contributed by atoms with E-state index >= 15 is 0 Å². The molecule has 0 N–H and O–H groups in total. The Kier molecular flexibility index (Phi) is 8.05. The van der Waals surface area contributed by atoms with Crippen LogP contribution in [0.1, 0.15) is 0 Å². The molecule has 0 spiro atoms. The maximum absolute atomic E-state index is 4.40. The van der Waals surface area contributed by atoms with E-state index < -0.39 is 0 Å². The van der Waals surface area contributed by atoms with Crippen molar-refractivity contribution in [3.63, 3.8) is 0 Å². The van der Waals surface area contributed by atoms with E-state index in [0.29, 0.717) is 0 Å². The molecule has 0 amide bonds. The Morgan fingerprint density at radius 3 is 1.28 bits per heavy atom. The number of fused-ring (bicyclic) bond motifs is 3. The fraction of sp³-hybridized carbons (Fsp3) is 0. The molecule has 3 heteroatoms. The second-order valence-corrected chi connectivity index (χ2v) is 14.6. The minimum atomic E-state index is 1.10. The van der Waals surface area contributed by atoms with Gasteiger partial charge in [-0.2, -0.15) is 0 Å². The first-order chi connectivity index (χ1) is 26.7. The van der Waals surface area contributed by atoms with Crippen LogP contribution in [0.2, 0.25) is 0 Å². The molecule has 0 aliphatic heterocycles. The van der Waals surface area contributed by atoms with E-state index in [1.807, 2.05) is 12.4 Å². The highest BCUT2D eigenvalue weighted by molar-refractivity contribution is 7.17. The van der Waals surface area contributed by atoms with E-state index in [0.717, 1.165) is 17.1 Å². The number of anilines is 3. The zero-order valence-corrected chi connectivity index (χ0v) is 30.2. The number of hydrogen-bond acceptors (Lipinski definition) is 3. The van der Waals surface area contributed by atoms with Gasteiger partial charge in [0, 0.05) is 45.1 Å². The smallest absolute Gasteiger partial charge is 0.0462 e. The lowest BCUT2D eigenvalue weighted by molar-refractivity contribution is 1.28. The van der Waals surface area contributed by atoms with Gasteiger partial charge in [0.1, 0.15) is 0 Å². The summed E-state index contributed by atoms with van der Waals surface area (Å²) >= 11 is 1.76. The van der Waals surface area contributed by atoms with Gasteiger partial charge in [-0.05, 0) is 120 Å². The Hall–Kier alpha value is -6.81. The van der Waals surface area contributed by atoms with E-state index in [1.165, 1.54) is 76.1 Å². The van der Waals surface area contributed by atoms with Crippen LogP contribution in [-0.4, -0.2) is 4.98 Å². The first-order valence-corrected chi connectivity index (χ1v) is 19.1. The summed E-state index contributed by atoms with van der Waals surface area (Å²) < 4.78 is 1.25. The molecule has 10 aromatic rings. The third-order valence-corrected chi connectivity index (χ3v) is 11.4. The first-order valence-electron chi connectivity index (χ1n) is 18.2. The summed E-state index contributed by atoms with van der Waals surface area (Å²) in [5.74, 6) is 0. The van der Waals surface area contributed by atoms with Gasteiger partial charge in [0.25, 0.3) is 0 Å². The summed E-state index contributed by atoms with van der Waals surface area (Å²) in [5.41, 5.74) is 12.9. The van der Waals surface area contributed by atoms with Gasteiger partial charge >= 0.3 is 0 Å². The largest absolute Gasteiger partial charge is 0.311 e. The van der Waals surface area contributed by atoms with Crippen LogP contribution in [0.4, 0.5) is 17.1 Å². The fourth-order valence-electron chi connectivity index (χ4n) is 7.53. The van der Waals surface area contributed by atoms with Gasteiger partial charge in [0.2, 0.25) is 0 Å². The van der Waals surface area contributed by atoms with Crippen LogP contribution in [0, 0.1) is 0 Å². The van der Waals surface area contributed by atoms with Crippen LogP contribution in [0.15, 0.2) is 206 Å². The highest BCUT2D eigenvalue weighted by atomic mass is 32.1. The number of rotatable bonds is 7. The van der Waals surface area contributed by atoms with Gasteiger partial charge in [-0.3, -0.25) is 4.98 Å². The molecule has 0 bridgehead atoms. The Balaban J connectivity index is 0.981. The van der Waals surface area contributed by atoms with Crippen molar-refractivity contribution < 1.29 is 0 Å². The van der Waals surface area contributed by atoms with Crippen molar-refractivity contribution >= 4 is 60.0 Å². The minimum absolute atomic E-state index is 1.10. The van der Waals surface area contributed by atoms with E-state index in [9.17, 15) is 0 Å². The molecular formula is C51H34N2S. The lowest BCUT2D eigenvalue weighted by Crippen LogP contribution is -2.09. The van der Waals surface area contributed by atoms with Crippen LogP contribution in [0.3, 0.4) is 0 Å². The average molecular weight is 707 g/mol. The summed E-state index contributed by atoms with van der Waals surface area (Å²) in [6, 6.07) is 68.2. The second-order valence-electron chi connectivity index (χ2n) is 13.7. The van der Waals surface area contributed by atoms with Crippen molar-refractivity contribution in [2.75, 3.05) is 4.90 Å². The van der Waals surface area contributed by atoms with Crippen molar-refractivity contribution in [1.82, 2.24) is 4.98 Å². The number of thiophene rings is 1. The van der Waals surface area contributed by atoms with Gasteiger partial charge in [-0.25, -0.2) is 0 Å². The summed E-state index contributed by atoms with van der Waals surface area (Å²) in [6.45, 7) is 0. The Morgan fingerprint density at radius 2 is 0.778 bits per heavy atom. The van der Waals surface area contributed by atoms with Crippen LogP contribution >= 0.6 is 11.3 Å². The second kappa shape index (κ2) is 13.6. The average Bonchev–Trinajstić information content (AvgIpc) is 3.69. The molecule has 0 aliphatic rings. The lowest BCUT2D eigenvalue weighted by Gasteiger charge is -2.26. The van der Waals surface area contributed by atoms with Gasteiger partial charge < -0.3 is 4.90 Å². The van der Waals surface area contributed by atoms with Gasteiger partial charge in [-0.15, -0.1) is 11.3 Å². The predicted octanol–water partition coefficient (Wildman–Crippen LogP) is 14.7. The van der Waals surface area contributed by atoms with Crippen molar-refractivity contribution in [2.45, 2.75) is 0 Å². The highest BCUT2D eigenvalue weighted by Gasteiger charge is 2.15. The lowest BCUT2D eigenvalue weighted by atomic mass is 9.98. The van der Waals surface area contributed by atoms with E-state index in [1.54, 1.807) is 11.3 Å². The normalized spacial score (nSPS) is 11.3. The maximum Gasteiger partial charge on any atom is 0.0462 e. The third-order valence-electron chi connectivity index (χ3n) is 10.4. The Labute approximate surface area is 318 Å². The van der Waals surface area contributed by atoms with Gasteiger partial charge in [-0.1, -0.05) is 133 Å². The number of pyridine rings is 1. The molecule has 10 rings (SSSR count). The van der Waals surface area contributed by atoms with Crippen LogP contribution < -0.4 is 4.90 Å². The minimum Gasteiger partial charge on any atom is -0.311 e.